The van der Waals surface area contributed by atoms with Crippen molar-refractivity contribution >= 4 is 21.8 Å². The molecule has 11 heteroatoms. The van der Waals surface area contributed by atoms with E-state index in [0.717, 1.165) is 4.31 Å². The zero-order valence-electron chi connectivity index (χ0n) is 17.6. The van der Waals surface area contributed by atoms with Gasteiger partial charge in [0.25, 0.3) is 11.8 Å². The highest BCUT2D eigenvalue weighted by atomic mass is 32.2. The Bertz CT molecular complexity index is 1060. The Hall–Kier alpha value is -3.15. The summed E-state index contributed by atoms with van der Waals surface area (Å²) in [4.78, 5) is 24.9. The van der Waals surface area contributed by atoms with Crippen molar-refractivity contribution in [3.05, 3.63) is 54.1 Å². The fourth-order valence-corrected chi connectivity index (χ4v) is 5.18. The third-order valence-electron chi connectivity index (χ3n) is 5.32. The summed E-state index contributed by atoms with van der Waals surface area (Å²) in [6.07, 6.45) is 0.302. The van der Waals surface area contributed by atoms with Gasteiger partial charge >= 0.3 is 0 Å². The molecule has 0 bridgehead atoms. The quantitative estimate of drug-likeness (QED) is 0.414. The Morgan fingerprint density at radius 3 is 2.09 bits per heavy atom. The average molecular weight is 464 g/mol. The number of hydrogen-bond donors (Lipinski definition) is 3. The first-order valence-electron chi connectivity index (χ1n) is 9.85. The average Bonchev–Trinajstić information content (AvgIpc) is 2.83. The van der Waals surface area contributed by atoms with E-state index < -0.39 is 28.0 Å². The topological polar surface area (TPSA) is 134 Å². The SMILES string of the molecule is COc1ccc(C(=O)N[C@@H]2CCN(S(=O)(=O)c3ccc(OC)cc3)[C@@H](C(=O)NO)C2)cc1. The van der Waals surface area contributed by atoms with E-state index in [9.17, 15) is 18.0 Å². The number of amides is 2. The number of carbonyl (C=O) groups excluding carboxylic acids is 2. The molecular weight excluding hydrogens is 438 g/mol. The summed E-state index contributed by atoms with van der Waals surface area (Å²) in [5, 5.41) is 12.0. The first-order chi connectivity index (χ1) is 15.3. The number of piperidine rings is 1. The number of hydroxylamine groups is 1. The molecule has 3 rings (SSSR count). The molecule has 10 nitrogen and oxygen atoms in total. The van der Waals surface area contributed by atoms with Crippen LogP contribution in [0.25, 0.3) is 0 Å². The van der Waals surface area contributed by atoms with Crippen LogP contribution in [-0.4, -0.2) is 62.6 Å². The number of sulfonamides is 1. The summed E-state index contributed by atoms with van der Waals surface area (Å²) in [6.45, 7) is -0.0139. The Morgan fingerprint density at radius 2 is 1.56 bits per heavy atom. The minimum atomic E-state index is -4.02. The molecule has 2 atom stereocenters. The molecule has 0 saturated carbocycles. The zero-order valence-corrected chi connectivity index (χ0v) is 18.5. The number of benzene rings is 2. The predicted octanol–water partition coefficient (Wildman–Crippen LogP) is 1.16. The third kappa shape index (κ3) is 5.01. The normalized spacial score (nSPS) is 19.1. The Morgan fingerprint density at radius 1 is 1.00 bits per heavy atom. The molecule has 2 aromatic rings. The minimum absolute atomic E-state index is 0.00364. The second kappa shape index (κ2) is 9.98. The van der Waals surface area contributed by atoms with Crippen LogP contribution in [-0.2, 0) is 14.8 Å². The zero-order chi connectivity index (χ0) is 23.3. The van der Waals surface area contributed by atoms with Crippen molar-refractivity contribution in [2.75, 3.05) is 20.8 Å². The molecule has 0 aromatic heterocycles. The Balaban J connectivity index is 1.76. The summed E-state index contributed by atoms with van der Waals surface area (Å²) in [7, 11) is -1.03. The molecule has 2 amide bonds. The third-order valence-corrected chi connectivity index (χ3v) is 7.24. The molecule has 0 radical (unpaired) electrons. The second-order valence-electron chi connectivity index (χ2n) is 7.21. The van der Waals surface area contributed by atoms with Gasteiger partial charge < -0.3 is 14.8 Å². The lowest BCUT2D eigenvalue weighted by atomic mass is 9.98. The van der Waals surface area contributed by atoms with E-state index in [4.69, 9.17) is 14.7 Å². The van der Waals surface area contributed by atoms with E-state index in [1.54, 1.807) is 24.3 Å². The summed E-state index contributed by atoms with van der Waals surface area (Å²) < 4.78 is 37.5. The predicted molar refractivity (Wildman–Crippen MR) is 114 cm³/mol. The van der Waals surface area contributed by atoms with Gasteiger partial charge in [0.1, 0.15) is 17.5 Å². The maximum atomic E-state index is 13.2. The van der Waals surface area contributed by atoms with Crippen molar-refractivity contribution in [2.24, 2.45) is 0 Å². The number of rotatable bonds is 7. The molecule has 172 valence electrons. The van der Waals surface area contributed by atoms with E-state index >= 15 is 0 Å². The van der Waals surface area contributed by atoms with Gasteiger partial charge in [-0.2, -0.15) is 4.31 Å². The van der Waals surface area contributed by atoms with Crippen LogP contribution in [0.3, 0.4) is 0 Å². The Labute approximate surface area is 186 Å². The monoisotopic (exact) mass is 463 g/mol. The molecule has 1 aliphatic heterocycles. The molecule has 1 fully saturated rings. The van der Waals surface area contributed by atoms with Gasteiger partial charge in [0.05, 0.1) is 19.1 Å². The van der Waals surface area contributed by atoms with E-state index in [1.807, 2.05) is 0 Å². The standard InChI is InChI=1S/C21H25N3O7S/c1-30-16-5-3-14(4-6-16)20(25)22-15-11-12-24(19(13-15)21(26)23-27)32(28,29)18-9-7-17(31-2)8-10-18/h3-10,15,19,27H,11-13H2,1-2H3,(H,22,25)(H,23,26)/t15-,19-/m1/s1. The van der Waals surface area contributed by atoms with Gasteiger partial charge in [-0.05, 0) is 61.4 Å². The summed E-state index contributed by atoms with van der Waals surface area (Å²) >= 11 is 0. The fourth-order valence-electron chi connectivity index (χ4n) is 3.57. The van der Waals surface area contributed by atoms with Crippen molar-refractivity contribution < 1.29 is 32.7 Å². The molecule has 3 N–H and O–H groups in total. The van der Waals surface area contributed by atoms with Gasteiger partial charge in [0, 0.05) is 18.2 Å². The first-order valence-corrected chi connectivity index (χ1v) is 11.3. The highest BCUT2D eigenvalue weighted by molar-refractivity contribution is 7.89. The summed E-state index contributed by atoms with van der Waals surface area (Å²) in [5.74, 6) is -0.121. The molecule has 1 heterocycles. The first kappa shape index (κ1) is 23.5. The summed E-state index contributed by atoms with van der Waals surface area (Å²) in [6, 6.07) is 10.7. The van der Waals surface area contributed by atoms with Gasteiger partial charge in [0.2, 0.25) is 10.0 Å². The number of nitrogens with zero attached hydrogens (tertiary/aromatic N) is 1. The molecular formula is C21H25N3O7S. The van der Waals surface area contributed by atoms with Crippen LogP contribution < -0.4 is 20.3 Å². The molecule has 32 heavy (non-hydrogen) atoms. The lowest BCUT2D eigenvalue weighted by Crippen LogP contribution is -2.56. The largest absolute Gasteiger partial charge is 0.497 e. The van der Waals surface area contributed by atoms with Crippen LogP contribution in [0, 0.1) is 0 Å². The van der Waals surface area contributed by atoms with Gasteiger partial charge in [-0.15, -0.1) is 0 Å². The number of nitrogens with one attached hydrogen (secondary N) is 2. The highest BCUT2D eigenvalue weighted by Crippen LogP contribution is 2.27. The number of methoxy groups -OCH3 is 2. The van der Waals surface area contributed by atoms with Crippen LogP contribution in [0.15, 0.2) is 53.4 Å². The van der Waals surface area contributed by atoms with Gasteiger partial charge in [0.15, 0.2) is 0 Å². The van der Waals surface area contributed by atoms with E-state index in [-0.39, 0.29) is 23.8 Å². The molecule has 1 saturated heterocycles. The van der Waals surface area contributed by atoms with Crippen LogP contribution in [0.4, 0.5) is 0 Å². The molecule has 0 spiro atoms. The van der Waals surface area contributed by atoms with Gasteiger partial charge in [-0.1, -0.05) is 0 Å². The molecule has 0 aliphatic carbocycles. The van der Waals surface area contributed by atoms with Crippen molar-refractivity contribution in [1.29, 1.82) is 0 Å². The minimum Gasteiger partial charge on any atom is -0.497 e. The van der Waals surface area contributed by atoms with Crippen molar-refractivity contribution in [3.8, 4) is 11.5 Å². The number of hydrogen-bond acceptors (Lipinski definition) is 7. The van der Waals surface area contributed by atoms with E-state index in [0.29, 0.717) is 23.5 Å². The second-order valence-corrected chi connectivity index (χ2v) is 9.10. The van der Waals surface area contributed by atoms with Crippen LogP contribution >= 0.6 is 0 Å². The smallest absolute Gasteiger partial charge is 0.261 e. The van der Waals surface area contributed by atoms with Crippen LogP contribution in [0.1, 0.15) is 23.2 Å². The lowest BCUT2D eigenvalue weighted by Gasteiger charge is -2.37. The van der Waals surface area contributed by atoms with Crippen molar-refractivity contribution in [1.82, 2.24) is 15.1 Å². The molecule has 2 aromatic carbocycles. The van der Waals surface area contributed by atoms with Gasteiger partial charge in [-0.3, -0.25) is 14.8 Å². The van der Waals surface area contributed by atoms with Gasteiger partial charge in [-0.25, -0.2) is 13.9 Å². The van der Waals surface area contributed by atoms with E-state index in [1.165, 1.54) is 44.0 Å². The van der Waals surface area contributed by atoms with Crippen LogP contribution in [0.5, 0.6) is 11.5 Å². The van der Waals surface area contributed by atoms with Crippen molar-refractivity contribution in [2.45, 2.75) is 29.8 Å². The van der Waals surface area contributed by atoms with Crippen molar-refractivity contribution in [3.63, 3.8) is 0 Å². The molecule has 0 unspecified atom stereocenters. The maximum Gasteiger partial charge on any atom is 0.261 e. The van der Waals surface area contributed by atoms with Crippen LogP contribution in [0.2, 0.25) is 0 Å². The highest BCUT2D eigenvalue weighted by Gasteiger charge is 2.41. The Kier molecular flexibility index (Phi) is 7.33. The summed E-state index contributed by atoms with van der Waals surface area (Å²) in [5.41, 5.74) is 1.94. The van der Waals surface area contributed by atoms with E-state index in [2.05, 4.69) is 5.32 Å². The maximum absolute atomic E-state index is 13.2. The molecule has 1 aliphatic rings. The number of ether oxygens (including phenoxy) is 2. The fraction of sp³-hybridized carbons (Fsp3) is 0.333. The number of carbonyl (C=O) groups is 2. The lowest BCUT2D eigenvalue weighted by molar-refractivity contribution is -0.134.